The lowest BCUT2D eigenvalue weighted by atomic mass is 9.91. The number of ether oxygens (including phenoxy) is 2. The maximum absolute atomic E-state index is 13.8. The number of hydrogen-bond donors (Lipinski definition) is 1. The summed E-state index contributed by atoms with van der Waals surface area (Å²) in [4.78, 5) is 12.0. The fraction of sp³-hybridized carbons (Fsp3) is 0.500. The van der Waals surface area contributed by atoms with Crippen molar-refractivity contribution in [3.63, 3.8) is 0 Å². The topological polar surface area (TPSA) is 47.6 Å². The second-order valence-corrected chi connectivity index (χ2v) is 4.39. The number of hydrogen-bond acceptors (Lipinski definition) is 4. The van der Waals surface area contributed by atoms with Gasteiger partial charge in [-0.15, -0.1) is 0 Å². The van der Waals surface area contributed by atoms with Crippen LogP contribution in [0.3, 0.4) is 0 Å². The highest BCUT2D eigenvalue weighted by Gasteiger charge is 2.36. The predicted molar refractivity (Wildman–Crippen MR) is 70.6 cm³/mol. The standard InChI is InChI=1S/C14H20FNO3/c1-5-8-16-14(2,13(17)19-4)10-6-7-12(18-3)11(15)9-10/h6-7,9,16H,5,8H2,1-4H3. The second-order valence-electron chi connectivity index (χ2n) is 4.39. The van der Waals surface area contributed by atoms with Crippen molar-refractivity contribution >= 4 is 5.97 Å². The van der Waals surface area contributed by atoms with Crippen molar-refractivity contribution in [2.24, 2.45) is 0 Å². The molecule has 1 aromatic carbocycles. The van der Waals surface area contributed by atoms with E-state index >= 15 is 0 Å². The molecule has 19 heavy (non-hydrogen) atoms. The van der Waals surface area contributed by atoms with Crippen LogP contribution in [-0.4, -0.2) is 26.7 Å². The van der Waals surface area contributed by atoms with Gasteiger partial charge in [0.1, 0.15) is 5.54 Å². The van der Waals surface area contributed by atoms with Crippen LogP contribution in [0.2, 0.25) is 0 Å². The van der Waals surface area contributed by atoms with Crippen LogP contribution in [0.1, 0.15) is 25.8 Å². The molecule has 0 bridgehead atoms. The normalized spacial score (nSPS) is 13.7. The maximum Gasteiger partial charge on any atom is 0.330 e. The third kappa shape index (κ3) is 3.23. The molecule has 0 aromatic heterocycles. The Morgan fingerprint density at radius 1 is 1.42 bits per heavy atom. The Balaban J connectivity index is 3.17. The van der Waals surface area contributed by atoms with E-state index in [1.807, 2.05) is 6.92 Å². The van der Waals surface area contributed by atoms with Gasteiger partial charge in [-0.2, -0.15) is 0 Å². The molecular formula is C14H20FNO3. The van der Waals surface area contributed by atoms with Crippen LogP contribution < -0.4 is 10.1 Å². The predicted octanol–water partition coefficient (Wildman–Crippen LogP) is 2.22. The summed E-state index contributed by atoms with van der Waals surface area (Å²) in [6, 6.07) is 4.44. The first-order chi connectivity index (χ1) is 8.99. The SMILES string of the molecule is CCCNC(C)(C(=O)OC)c1ccc(OC)c(F)c1. The van der Waals surface area contributed by atoms with E-state index < -0.39 is 17.3 Å². The average molecular weight is 269 g/mol. The molecule has 1 rings (SSSR count). The molecule has 0 saturated carbocycles. The second kappa shape index (κ2) is 6.52. The number of esters is 1. The zero-order chi connectivity index (χ0) is 14.5. The van der Waals surface area contributed by atoms with Crippen molar-refractivity contribution in [3.8, 4) is 5.75 Å². The molecule has 1 aromatic rings. The zero-order valence-electron chi connectivity index (χ0n) is 11.7. The van der Waals surface area contributed by atoms with Gasteiger partial charge in [0.15, 0.2) is 11.6 Å². The molecule has 0 amide bonds. The van der Waals surface area contributed by atoms with E-state index in [0.717, 1.165) is 6.42 Å². The molecule has 0 radical (unpaired) electrons. The Hall–Kier alpha value is -1.62. The molecule has 1 atom stereocenters. The molecule has 0 saturated heterocycles. The van der Waals surface area contributed by atoms with E-state index in [9.17, 15) is 9.18 Å². The van der Waals surface area contributed by atoms with Crippen LogP contribution in [0.5, 0.6) is 5.75 Å². The van der Waals surface area contributed by atoms with Gasteiger partial charge in [-0.25, -0.2) is 9.18 Å². The zero-order valence-corrected chi connectivity index (χ0v) is 11.7. The molecule has 106 valence electrons. The molecular weight excluding hydrogens is 249 g/mol. The minimum absolute atomic E-state index is 0.145. The molecule has 1 unspecified atom stereocenters. The molecule has 1 N–H and O–H groups in total. The van der Waals surface area contributed by atoms with Crippen molar-refractivity contribution in [1.29, 1.82) is 0 Å². The molecule has 0 aliphatic heterocycles. The summed E-state index contributed by atoms with van der Waals surface area (Å²) < 4.78 is 23.4. The first-order valence-electron chi connectivity index (χ1n) is 6.17. The first-order valence-corrected chi connectivity index (χ1v) is 6.17. The highest BCUT2D eigenvalue weighted by Crippen LogP contribution is 2.27. The van der Waals surface area contributed by atoms with E-state index in [1.165, 1.54) is 26.4 Å². The summed E-state index contributed by atoms with van der Waals surface area (Å²) in [5.74, 6) is -0.814. The lowest BCUT2D eigenvalue weighted by Crippen LogP contribution is -2.47. The summed E-state index contributed by atoms with van der Waals surface area (Å²) in [5.41, 5.74) is -0.566. The van der Waals surface area contributed by atoms with E-state index in [2.05, 4.69) is 5.32 Å². The van der Waals surface area contributed by atoms with E-state index in [-0.39, 0.29) is 5.75 Å². The molecule has 0 aliphatic carbocycles. The lowest BCUT2D eigenvalue weighted by Gasteiger charge is -2.28. The Kier molecular flexibility index (Phi) is 5.30. The van der Waals surface area contributed by atoms with Gasteiger partial charge in [0.2, 0.25) is 0 Å². The monoisotopic (exact) mass is 269 g/mol. The van der Waals surface area contributed by atoms with Gasteiger partial charge in [0, 0.05) is 0 Å². The van der Waals surface area contributed by atoms with Gasteiger partial charge < -0.3 is 9.47 Å². The van der Waals surface area contributed by atoms with Crippen LogP contribution in [0.15, 0.2) is 18.2 Å². The number of nitrogens with one attached hydrogen (secondary N) is 1. The van der Waals surface area contributed by atoms with Gasteiger partial charge in [-0.05, 0) is 37.6 Å². The van der Waals surface area contributed by atoms with E-state index in [1.54, 1.807) is 13.0 Å². The van der Waals surface area contributed by atoms with Crippen LogP contribution in [0.4, 0.5) is 4.39 Å². The van der Waals surface area contributed by atoms with Gasteiger partial charge in [0.05, 0.1) is 14.2 Å². The summed E-state index contributed by atoms with van der Waals surface area (Å²) in [6.07, 6.45) is 0.852. The Labute approximate surface area is 112 Å². The highest BCUT2D eigenvalue weighted by molar-refractivity contribution is 5.82. The molecule has 0 heterocycles. The fourth-order valence-electron chi connectivity index (χ4n) is 1.85. The minimum atomic E-state index is -1.07. The number of benzene rings is 1. The third-order valence-electron chi connectivity index (χ3n) is 3.05. The first kappa shape index (κ1) is 15.4. The van der Waals surface area contributed by atoms with Crippen molar-refractivity contribution in [1.82, 2.24) is 5.32 Å². The van der Waals surface area contributed by atoms with Crippen molar-refractivity contribution in [2.45, 2.75) is 25.8 Å². The smallest absolute Gasteiger partial charge is 0.330 e. The van der Waals surface area contributed by atoms with Crippen LogP contribution in [0.25, 0.3) is 0 Å². The Morgan fingerprint density at radius 2 is 2.11 bits per heavy atom. The van der Waals surface area contributed by atoms with Crippen molar-refractivity contribution in [3.05, 3.63) is 29.6 Å². The summed E-state index contributed by atoms with van der Waals surface area (Å²) in [6.45, 7) is 4.29. The number of halogens is 1. The van der Waals surface area contributed by atoms with E-state index in [4.69, 9.17) is 9.47 Å². The molecule has 4 nitrogen and oxygen atoms in total. The summed E-state index contributed by atoms with van der Waals surface area (Å²) in [7, 11) is 2.71. The average Bonchev–Trinajstić information content (AvgIpc) is 2.43. The van der Waals surface area contributed by atoms with Crippen molar-refractivity contribution in [2.75, 3.05) is 20.8 Å². The van der Waals surface area contributed by atoms with Crippen molar-refractivity contribution < 1.29 is 18.7 Å². The molecule has 5 heteroatoms. The summed E-state index contributed by atoms with van der Waals surface area (Å²) >= 11 is 0. The lowest BCUT2D eigenvalue weighted by molar-refractivity contribution is -0.148. The number of rotatable bonds is 6. The highest BCUT2D eigenvalue weighted by atomic mass is 19.1. The molecule has 0 spiro atoms. The van der Waals surface area contributed by atoms with E-state index in [0.29, 0.717) is 12.1 Å². The quantitative estimate of drug-likeness (QED) is 0.804. The molecule has 0 aliphatic rings. The largest absolute Gasteiger partial charge is 0.494 e. The van der Waals surface area contributed by atoms with Crippen LogP contribution in [0, 0.1) is 5.82 Å². The minimum Gasteiger partial charge on any atom is -0.494 e. The number of methoxy groups -OCH3 is 2. The number of carbonyl (C=O) groups is 1. The van der Waals surface area contributed by atoms with Gasteiger partial charge >= 0.3 is 5.97 Å². The third-order valence-corrected chi connectivity index (χ3v) is 3.05. The Morgan fingerprint density at radius 3 is 2.58 bits per heavy atom. The fourth-order valence-corrected chi connectivity index (χ4v) is 1.85. The summed E-state index contributed by atoms with van der Waals surface area (Å²) in [5, 5.41) is 3.10. The maximum atomic E-state index is 13.8. The Bertz CT molecular complexity index is 450. The van der Waals surface area contributed by atoms with Gasteiger partial charge in [-0.3, -0.25) is 5.32 Å². The van der Waals surface area contributed by atoms with Crippen LogP contribution in [-0.2, 0) is 15.1 Å². The van der Waals surface area contributed by atoms with Crippen LogP contribution >= 0.6 is 0 Å². The molecule has 0 fully saturated rings. The van der Waals surface area contributed by atoms with Gasteiger partial charge in [-0.1, -0.05) is 13.0 Å². The number of carbonyl (C=O) groups excluding carboxylic acids is 1. The van der Waals surface area contributed by atoms with Gasteiger partial charge in [0.25, 0.3) is 0 Å².